The van der Waals surface area contributed by atoms with Crippen LogP contribution in [0.25, 0.3) is 0 Å². The molecule has 5 heteroatoms. The molecule has 21 heavy (non-hydrogen) atoms. The number of nitrogens with zero attached hydrogens (tertiary/aromatic N) is 2. The first-order chi connectivity index (χ1) is 9.99. The van der Waals surface area contributed by atoms with Crippen LogP contribution in [0.1, 0.15) is 27.5 Å². The van der Waals surface area contributed by atoms with Crippen LogP contribution in [-0.4, -0.2) is 36.0 Å². The van der Waals surface area contributed by atoms with Crippen molar-refractivity contribution in [1.29, 1.82) is 0 Å². The number of nitrogens with one attached hydrogen (secondary N) is 1. The molecule has 0 saturated carbocycles. The standard InChI is InChI=1S/C16H23N3O2/c1-12-10-15(13(2)19(12)8-7-18(3)4)16(20)17-11-14-6-5-9-21-14/h5-6,9-10H,7-8,11H2,1-4H3,(H,17,20). The largest absolute Gasteiger partial charge is 0.467 e. The fourth-order valence-corrected chi connectivity index (χ4v) is 2.35. The molecule has 2 aromatic heterocycles. The van der Waals surface area contributed by atoms with Gasteiger partial charge >= 0.3 is 0 Å². The van der Waals surface area contributed by atoms with Crippen LogP contribution in [0.15, 0.2) is 28.9 Å². The van der Waals surface area contributed by atoms with E-state index in [1.165, 1.54) is 0 Å². The molecule has 0 bridgehead atoms. The second kappa shape index (κ2) is 6.63. The lowest BCUT2D eigenvalue weighted by atomic mass is 10.2. The summed E-state index contributed by atoms with van der Waals surface area (Å²) in [6.07, 6.45) is 1.61. The average molecular weight is 289 g/mol. The van der Waals surface area contributed by atoms with Gasteiger partial charge in [-0.1, -0.05) is 0 Å². The molecule has 2 rings (SSSR count). The number of hydrogen-bond donors (Lipinski definition) is 1. The van der Waals surface area contributed by atoms with Gasteiger partial charge in [0.25, 0.3) is 5.91 Å². The van der Waals surface area contributed by atoms with Crippen LogP contribution in [0.5, 0.6) is 0 Å². The van der Waals surface area contributed by atoms with Gasteiger partial charge in [-0.25, -0.2) is 0 Å². The lowest BCUT2D eigenvalue weighted by Crippen LogP contribution is -2.23. The van der Waals surface area contributed by atoms with E-state index in [0.29, 0.717) is 6.54 Å². The van der Waals surface area contributed by atoms with Gasteiger partial charge in [0.05, 0.1) is 18.4 Å². The highest BCUT2D eigenvalue weighted by Crippen LogP contribution is 2.15. The van der Waals surface area contributed by atoms with Crippen LogP contribution in [0.3, 0.4) is 0 Å². The summed E-state index contributed by atoms with van der Waals surface area (Å²) in [6.45, 7) is 6.27. The highest BCUT2D eigenvalue weighted by Gasteiger charge is 2.15. The van der Waals surface area contributed by atoms with Crippen molar-refractivity contribution < 1.29 is 9.21 Å². The van der Waals surface area contributed by atoms with Crippen molar-refractivity contribution in [2.45, 2.75) is 26.9 Å². The van der Waals surface area contributed by atoms with E-state index < -0.39 is 0 Å². The lowest BCUT2D eigenvalue weighted by Gasteiger charge is -2.14. The molecule has 0 saturated heterocycles. The first-order valence-electron chi connectivity index (χ1n) is 7.11. The molecule has 1 amide bonds. The number of hydrogen-bond acceptors (Lipinski definition) is 3. The molecule has 1 N–H and O–H groups in total. The third-order valence-electron chi connectivity index (χ3n) is 3.59. The van der Waals surface area contributed by atoms with Crippen LogP contribution in [-0.2, 0) is 13.1 Å². The van der Waals surface area contributed by atoms with Gasteiger partial charge in [0.15, 0.2) is 0 Å². The molecule has 2 aromatic rings. The summed E-state index contributed by atoms with van der Waals surface area (Å²) >= 11 is 0. The minimum Gasteiger partial charge on any atom is -0.467 e. The second-order valence-corrected chi connectivity index (χ2v) is 5.50. The number of aryl methyl sites for hydroxylation is 1. The van der Waals surface area contributed by atoms with E-state index in [9.17, 15) is 4.79 Å². The molecule has 5 nitrogen and oxygen atoms in total. The molecule has 0 atom stereocenters. The Morgan fingerprint density at radius 1 is 1.38 bits per heavy atom. The maximum Gasteiger partial charge on any atom is 0.253 e. The zero-order valence-corrected chi connectivity index (χ0v) is 13.1. The molecule has 114 valence electrons. The average Bonchev–Trinajstić information content (AvgIpc) is 3.03. The smallest absolute Gasteiger partial charge is 0.253 e. The van der Waals surface area contributed by atoms with Crippen molar-refractivity contribution in [3.05, 3.63) is 47.2 Å². The Balaban J connectivity index is 2.05. The van der Waals surface area contributed by atoms with Gasteiger partial charge in [-0.15, -0.1) is 0 Å². The van der Waals surface area contributed by atoms with Gasteiger partial charge in [0.2, 0.25) is 0 Å². The minimum atomic E-state index is -0.0596. The van der Waals surface area contributed by atoms with E-state index in [4.69, 9.17) is 4.42 Å². The molecular formula is C16H23N3O2. The quantitative estimate of drug-likeness (QED) is 0.887. The topological polar surface area (TPSA) is 50.4 Å². The summed E-state index contributed by atoms with van der Waals surface area (Å²) in [5.74, 6) is 0.695. The summed E-state index contributed by atoms with van der Waals surface area (Å²) < 4.78 is 7.40. The van der Waals surface area contributed by atoms with E-state index in [-0.39, 0.29) is 5.91 Å². The second-order valence-electron chi connectivity index (χ2n) is 5.50. The monoisotopic (exact) mass is 289 g/mol. The van der Waals surface area contributed by atoms with Crippen molar-refractivity contribution >= 4 is 5.91 Å². The molecule has 2 heterocycles. The van der Waals surface area contributed by atoms with Crippen LogP contribution < -0.4 is 5.32 Å². The number of amides is 1. The predicted molar refractivity (Wildman–Crippen MR) is 82.3 cm³/mol. The van der Waals surface area contributed by atoms with Gasteiger partial charge in [-0.2, -0.15) is 0 Å². The molecular weight excluding hydrogens is 266 g/mol. The Kier molecular flexibility index (Phi) is 4.85. The van der Waals surface area contributed by atoms with Gasteiger partial charge in [0.1, 0.15) is 5.76 Å². The summed E-state index contributed by atoms with van der Waals surface area (Å²) in [5.41, 5.74) is 2.85. The van der Waals surface area contributed by atoms with Crippen LogP contribution in [0, 0.1) is 13.8 Å². The van der Waals surface area contributed by atoms with Crippen molar-refractivity contribution in [3.63, 3.8) is 0 Å². The van der Waals surface area contributed by atoms with Crippen LogP contribution in [0.2, 0.25) is 0 Å². The zero-order valence-electron chi connectivity index (χ0n) is 13.1. The van der Waals surface area contributed by atoms with E-state index in [1.807, 2.05) is 46.1 Å². The number of rotatable bonds is 6. The van der Waals surface area contributed by atoms with Gasteiger partial charge in [-0.3, -0.25) is 4.79 Å². The SMILES string of the molecule is Cc1cc(C(=O)NCc2ccco2)c(C)n1CCN(C)C. The summed E-state index contributed by atoms with van der Waals surface area (Å²) in [7, 11) is 4.09. The fourth-order valence-electron chi connectivity index (χ4n) is 2.35. The van der Waals surface area contributed by atoms with Crippen LogP contribution >= 0.6 is 0 Å². The maximum atomic E-state index is 12.3. The van der Waals surface area contributed by atoms with Gasteiger partial charge in [-0.05, 0) is 46.1 Å². The number of likely N-dealkylation sites (N-methyl/N-ethyl adjacent to an activating group) is 1. The maximum absolute atomic E-state index is 12.3. The third-order valence-corrected chi connectivity index (χ3v) is 3.59. The molecule has 0 radical (unpaired) electrons. The van der Waals surface area contributed by atoms with E-state index >= 15 is 0 Å². The Bertz CT molecular complexity index is 597. The Morgan fingerprint density at radius 3 is 2.76 bits per heavy atom. The fraction of sp³-hybridized carbons (Fsp3) is 0.438. The predicted octanol–water partition coefficient (Wildman–Crippen LogP) is 2.19. The first kappa shape index (κ1) is 15.4. The van der Waals surface area contributed by atoms with Crippen molar-refractivity contribution in [2.24, 2.45) is 0 Å². The van der Waals surface area contributed by atoms with Crippen molar-refractivity contribution in [2.75, 3.05) is 20.6 Å². The number of carbonyl (C=O) groups excluding carboxylic acids is 1. The highest BCUT2D eigenvalue weighted by molar-refractivity contribution is 5.95. The highest BCUT2D eigenvalue weighted by atomic mass is 16.3. The number of furan rings is 1. The molecule has 0 aliphatic rings. The number of carbonyl (C=O) groups is 1. The Hall–Kier alpha value is -2.01. The molecule has 0 aromatic carbocycles. The molecule has 0 fully saturated rings. The van der Waals surface area contributed by atoms with Gasteiger partial charge in [0, 0.05) is 24.5 Å². The summed E-state index contributed by atoms with van der Waals surface area (Å²) in [4.78, 5) is 14.4. The normalized spacial score (nSPS) is 11.1. The van der Waals surface area contributed by atoms with E-state index in [1.54, 1.807) is 6.26 Å². The molecule has 0 aliphatic carbocycles. The molecule has 0 spiro atoms. The molecule has 0 unspecified atom stereocenters. The summed E-state index contributed by atoms with van der Waals surface area (Å²) in [6, 6.07) is 5.61. The van der Waals surface area contributed by atoms with Gasteiger partial charge < -0.3 is 19.2 Å². The third kappa shape index (κ3) is 3.76. The summed E-state index contributed by atoms with van der Waals surface area (Å²) in [5, 5.41) is 2.89. The zero-order chi connectivity index (χ0) is 15.4. The van der Waals surface area contributed by atoms with Crippen LogP contribution in [0.4, 0.5) is 0 Å². The Labute approximate surface area is 125 Å². The first-order valence-corrected chi connectivity index (χ1v) is 7.11. The van der Waals surface area contributed by atoms with Crippen molar-refractivity contribution in [3.8, 4) is 0 Å². The molecule has 0 aliphatic heterocycles. The number of aromatic nitrogens is 1. The van der Waals surface area contributed by atoms with E-state index in [2.05, 4.69) is 14.8 Å². The lowest BCUT2D eigenvalue weighted by molar-refractivity contribution is 0.0947. The Morgan fingerprint density at radius 2 is 2.14 bits per heavy atom. The van der Waals surface area contributed by atoms with E-state index in [0.717, 1.165) is 35.8 Å². The minimum absolute atomic E-state index is 0.0596. The van der Waals surface area contributed by atoms with Crippen molar-refractivity contribution in [1.82, 2.24) is 14.8 Å².